The summed E-state index contributed by atoms with van der Waals surface area (Å²) >= 11 is 0. The van der Waals surface area contributed by atoms with Gasteiger partial charge in [-0.25, -0.2) is 14.1 Å². The van der Waals surface area contributed by atoms with Crippen molar-refractivity contribution in [3.8, 4) is 0 Å². The molecule has 0 aromatic heterocycles. The Bertz CT molecular complexity index is 709. The van der Waals surface area contributed by atoms with E-state index in [-0.39, 0.29) is 0 Å². The molecule has 0 fully saturated rings. The molecule has 20 heavy (non-hydrogen) atoms. The van der Waals surface area contributed by atoms with Crippen LogP contribution in [-0.4, -0.2) is 44.6 Å². The standard InChI is InChI=1S/C15H21N4P/c1-17(2)20(18(3)4)16-15-13-9-7-6-8-12(13)10-11-14(15)19(20)5/h6-11H,1-5H3. The van der Waals surface area contributed by atoms with Crippen LogP contribution >= 0.6 is 7.51 Å². The smallest absolute Gasteiger partial charge is 0.196 e. The summed E-state index contributed by atoms with van der Waals surface area (Å²) in [5.74, 6) is 0. The fourth-order valence-electron chi connectivity index (χ4n) is 3.03. The Labute approximate surface area is 120 Å². The predicted octanol–water partition coefficient (Wildman–Crippen LogP) is 3.99. The highest BCUT2D eigenvalue weighted by Gasteiger charge is 2.37. The molecule has 3 rings (SSSR count). The van der Waals surface area contributed by atoms with Crippen molar-refractivity contribution in [3.63, 3.8) is 0 Å². The Morgan fingerprint density at radius 1 is 0.950 bits per heavy atom. The zero-order chi connectivity index (χ0) is 14.5. The maximum Gasteiger partial charge on any atom is 0.196 e. The third kappa shape index (κ3) is 1.65. The van der Waals surface area contributed by atoms with Gasteiger partial charge >= 0.3 is 0 Å². The monoisotopic (exact) mass is 288 g/mol. The topological polar surface area (TPSA) is 22.1 Å². The van der Waals surface area contributed by atoms with Gasteiger partial charge in [0.25, 0.3) is 0 Å². The molecule has 0 N–H and O–H groups in total. The van der Waals surface area contributed by atoms with Crippen LogP contribution in [-0.2, 0) is 0 Å². The molecule has 0 saturated heterocycles. The van der Waals surface area contributed by atoms with Crippen LogP contribution in [0.2, 0.25) is 0 Å². The number of fused-ring (bicyclic) bond motifs is 3. The first kappa shape index (κ1) is 13.6. The molecule has 1 aliphatic rings. The first-order chi connectivity index (χ1) is 9.48. The highest BCUT2D eigenvalue weighted by molar-refractivity contribution is 7.63. The maximum atomic E-state index is 5.18. The second kappa shape index (κ2) is 4.59. The SMILES string of the molecule is CN(C)P1(N(C)C)=Nc2c(ccc3ccccc23)N1C. The summed E-state index contributed by atoms with van der Waals surface area (Å²) in [6.45, 7) is 0. The van der Waals surface area contributed by atoms with Crippen LogP contribution in [0.25, 0.3) is 10.8 Å². The Morgan fingerprint density at radius 2 is 1.60 bits per heavy atom. The molecule has 1 aliphatic heterocycles. The molecular weight excluding hydrogens is 267 g/mol. The Morgan fingerprint density at radius 3 is 2.25 bits per heavy atom. The van der Waals surface area contributed by atoms with Crippen molar-refractivity contribution in [2.24, 2.45) is 4.74 Å². The van der Waals surface area contributed by atoms with E-state index in [1.807, 2.05) is 0 Å². The minimum Gasteiger partial charge on any atom is -0.316 e. The number of nitrogens with zero attached hydrogens (tertiary/aromatic N) is 4. The first-order valence-electron chi connectivity index (χ1n) is 6.72. The van der Waals surface area contributed by atoms with E-state index in [0.717, 1.165) is 5.69 Å². The van der Waals surface area contributed by atoms with Gasteiger partial charge in [0.15, 0.2) is 7.51 Å². The van der Waals surface area contributed by atoms with Crippen LogP contribution in [0, 0.1) is 0 Å². The third-order valence-electron chi connectivity index (χ3n) is 3.94. The summed E-state index contributed by atoms with van der Waals surface area (Å²) in [6, 6.07) is 12.8. The van der Waals surface area contributed by atoms with E-state index in [1.165, 1.54) is 16.5 Å². The third-order valence-corrected chi connectivity index (χ3v) is 7.57. The molecule has 0 saturated carbocycles. The van der Waals surface area contributed by atoms with Crippen molar-refractivity contribution >= 4 is 29.7 Å². The Balaban J connectivity index is 2.36. The van der Waals surface area contributed by atoms with Gasteiger partial charge in [0.05, 0.1) is 11.4 Å². The molecule has 1 heterocycles. The first-order valence-corrected chi connectivity index (χ1v) is 8.32. The van der Waals surface area contributed by atoms with E-state index in [4.69, 9.17) is 4.74 Å². The molecule has 4 nitrogen and oxygen atoms in total. The van der Waals surface area contributed by atoms with Gasteiger partial charge in [0.1, 0.15) is 0 Å². The molecule has 0 spiro atoms. The van der Waals surface area contributed by atoms with E-state index >= 15 is 0 Å². The summed E-state index contributed by atoms with van der Waals surface area (Å²) in [4.78, 5) is 0. The van der Waals surface area contributed by atoms with Crippen molar-refractivity contribution in [1.82, 2.24) is 9.34 Å². The summed E-state index contributed by atoms with van der Waals surface area (Å²) in [5.41, 5.74) is 2.35. The van der Waals surface area contributed by atoms with Gasteiger partial charge in [-0.05, 0) is 39.6 Å². The highest BCUT2D eigenvalue weighted by Crippen LogP contribution is 2.66. The molecule has 0 aliphatic carbocycles. The van der Waals surface area contributed by atoms with Crippen LogP contribution in [0.4, 0.5) is 11.4 Å². The van der Waals surface area contributed by atoms with Crippen molar-refractivity contribution in [1.29, 1.82) is 0 Å². The molecule has 106 valence electrons. The van der Waals surface area contributed by atoms with Crippen LogP contribution in [0.15, 0.2) is 41.1 Å². The quantitative estimate of drug-likeness (QED) is 0.780. The van der Waals surface area contributed by atoms with Gasteiger partial charge in [-0.3, -0.25) is 0 Å². The fraction of sp³-hybridized carbons (Fsp3) is 0.333. The van der Waals surface area contributed by atoms with Crippen LogP contribution in [0.5, 0.6) is 0 Å². The molecular formula is C15H21N4P. The molecule has 2 aromatic carbocycles. The van der Waals surface area contributed by atoms with E-state index in [2.05, 4.69) is 85.6 Å². The molecule has 0 atom stereocenters. The van der Waals surface area contributed by atoms with E-state index in [9.17, 15) is 0 Å². The average molecular weight is 288 g/mol. The van der Waals surface area contributed by atoms with Crippen molar-refractivity contribution in [3.05, 3.63) is 36.4 Å². The number of benzene rings is 2. The minimum absolute atomic E-state index is 1.13. The van der Waals surface area contributed by atoms with Gasteiger partial charge in [0, 0.05) is 12.4 Å². The normalized spacial score (nSPS) is 16.9. The lowest BCUT2D eigenvalue weighted by atomic mass is 10.1. The number of hydrogen-bond donors (Lipinski definition) is 0. The van der Waals surface area contributed by atoms with Gasteiger partial charge in [-0.1, -0.05) is 30.3 Å². The number of rotatable bonds is 2. The molecule has 0 amide bonds. The highest BCUT2D eigenvalue weighted by atomic mass is 31.2. The summed E-state index contributed by atoms with van der Waals surface area (Å²) in [7, 11) is 8.76. The van der Waals surface area contributed by atoms with E-state index in [1.54, 1.807) is 0 Å². The average Bonchev–Trinajstić information content (AvgIpc) is 2.74. The summed E-state index contributed by atoms with van der Waals surface area (Å²) in [5, 5.41) is 2.49. The lowest BCUT2D eigenvalue weighted by molar-refractivity contribution is 0.559. The number of hydrogen-bond acceptors (Lipinski definition) is 4. The van der Waals surface area contributed by atoms with Crippen molar-refractivity contribution < 1.29 is 0 Å². The second-order valence-corrected chi connectivity index (χ2v) is 8.98. The van der Waals surface area contributed by atoms with Gasteiger partial charge < -0.3 is 4.67 Å². The van der Waals surface area contributed by atoms with Gasteiger partial charge in [0.2, 0.25) is 0 Å². The van der Waals surface area contributed by atoms with Gasteiger partial charge in [-0.15, -0.1) is 0 Å². The minimum atomic E-state index is -1.84. The summed E-state index contributed by atoms with van der Waals surface area (Å²) < 4.78 is 12.0. The Hall–Kier alpha value is -1.35. The Kier molecular flexibility index (Phi) is 3.13. The van der Waals surface area contributed by atoms with Crippen molar-refractivity contribution in [2.45, 2.75) is 0 Å². The lowest BCUT2D eigenvalue weighted by Gasteiger charge is -2.39. The largest absolute Gasteiger partial charge is 0.316 e. The molecule has 0 radical (unpaired) electrons. The van der Waals surface area contributed by atoms with Crippen LogP contribution in [0.1, 0.15) is 0 Å². The van der Waals surface area contributed by atoms with Gasteiger partial charge in [-0.2, -0.15) is 0 Å². The molecule has 0 bridgehead atoms. The molecule has 5 heteroatoms. The second-order valence-electron chi connectivity index (χ2n) is 5.51. The van der Waals surface area contributed by atoms with E-state index in [0.29, 0.717) is 0 Å². The zero-order valence-electron chi connectivity index (χ0n) is 12.7. The van der Waals surface area contributed by atoms with E-state index < -0.39 is 7.51 Å². The summed E-state index contributed by atoms with van der Waals surface area (Å²) in [6.07, 6.45) is 0. The molecule has 2 aromatic rings. The zero-order valence-corrected chi connectivity index (χ0v) is 13.6. The van der Waals surface area contributed by atoms with Crippen LogP contribution < -0.4 is 4.67 Å². The predicted molar refractivity (Wildman–Crippen MR) is 88.7 cm³/mol. The number of anilines is 1. The fourth-order valence-corrected chi connectivity index (χ4v) is 6.24. The molecule has 0 unspecified atom stereocenters. The van der Waals surface area contributed by atoms with Crippen LogP contribution in [0.3, 0.4) is 0 Å². The maximum absolute atomic E-state index is 5.18. The lowest BCUT2D eigenvalue weighted by Crippen LogP contribution is -2.30. The van der Waals surface area contributed by atoms with Crippen molar-refractivity contribution in [2.75, 3.05) is 39.9 Å².